The van der Waals surface area contributed by atoms with E-state index in [2.05, 4.69) is 24.0 Å². The van der Waals surface area contributed by atoms with Gasteiger partial charge in [0.15, 0.2) is 10.6 Å². The molecular weight excluding hydrogens is 222 g/mol. The smallest absolute Gasteiger partial charge is 0.195 e. The lowest BCUT2D eigenvalue weighted by Crippen LogP contribution is -2.26. The van der Waals surface area contributed by atoms with E-state index in [0.29, 0.717) is 22.6 Å². The van der Waals surface area contributed by atoms with E-state index in [1.165, 1.54) is 12.8 Å². The van der Waals surface area contributed by atoms with Crippen LogP contribution in [0.5, 0.6) is 0 Å². The molecule has 16 heavy (non-hydrogen) atoms. The molecule has 0 spiro atoms. The van der Waals surface area contributed by atoms with E-state index in [9.17, 15) is 5.11 Å². The third-order valence-corrected chi connectivity index (χ3v) is 3.92. The second-order valence-electron chi connectivity index (χ2n) is 4.94. The predicted molar refractivity (Wildman–Crippen MR) is 64.6 cm³/mol. The van der Waals surface area contributed by atoms with Gasteiger partial charge in [-0.2, -0.15) is 5.10 Å². The normalized spacial score (nSPS) is 30.6. The van der Waals surface area contributed by atoms with Crippen molar-refractivity contribution in [2.45, 2.75) is 45.8 Å². The third kappa shape index (κ3) is 2.06. The largest absolute Gasteiger partial charge is 0.388 e. The summed E-state index contributed by atoms with van der Waals surface area (Å²) in [6.07, 6.45) is 3.58. The topological polar surface area (TPSA) is 53.8 Å². The zero-order valence-electron chi connectivity index (χ0n) is 9.81. The van der Waals surface area contributed by atoms with Crippen LogP contribution in [0, 0.1) is 16.6 Å². The molecule has 1 aromatic heterocycles. The van der Waals surface area contributed by atoms with Gasteiger partial charge in [0.2, 0.25) is 0 Å². The van der Waals surface area contributed by atoms with E-state index in [-0.39, 0.29) is 6.61 Å². The highest BCUT2D eigenvalue weighted by molar-refractivity contribution is 7.71. The van der Waals surface area contributed by atoms with Crippen LogP contribution in [0.3, 0.4) is 0 Å². The molecule has 90 valence electrons. The standard InChI is InChI=1S/C11H19N3OS/c1-7-3-4-9(8(2)5-7)14-10(6-15)12-13-11(14)16/h7-9,15H,3-6H2,1-2H3,(H,13,16). The molecule has 3 unspecified atom stereocenters. The summed E-state index contributed by atoms with van der Waals surface area (Å²) in [7, 11) is 0. The van der Waals surface area contributed by atoms with Gasteiger partial charge in [-0.05, 0) is 43.3 Å². The monoisotopic (exact) mass is 241 g/mol. The second-order valence-corrected chi connectivity index (χ2v) is 5.32. The number of aromatic amines is 1. The zero-order valence-corrected chi connectivity index (χ0v) is 10.6. The maximum atomic E-state index is 9.25. The second kappa shape index (κ2) is 4.67. The summed E-state index contributed by atoms with van der Waals surface area (Å²) in [5.41, 5.74) is 0. The molecule has 5 heteroatoms. The van der Waals surface area contributed by atoms with Gasteiger partial charge in [0.25, 0.3) is 0 Å². The van der Waals surface area contributed by atoms with Crippen LogP contribution in [-0.4, -0.2) is 19.9 Å². The van der Waals surface area contributed by atoms with Gasteiger partial charge < -0.3 is 5.11 Å². The van der Waals surface area contributed by atoms with Crippen LogP contribution in [0.2, 0.25) is 0 Å². The molecule has 1 aromatic rings. The summed E-state index contributed by atoms with van der Waals surface area (Å²) < 4.78 is 2.64. The van der Waals surface area contributed by atoms with Crippen molar-refractivity contribution < 1.29 is 5.11 Å². The Bertz CT molecular complexity index is 412. The average molecular weight is 241 g/mol. The molecule has 3 atom stereocenters. The van der Waals surface area contributed by atoms with E-state index < -0.39 is 0 Å². The zero-order chi connectivity index (χ0) is 11.7. The van der Waals surface area contributed by atoms with Crippen molar-refractivity contribution in [2.75, 3.05) is 0 Å². The fourth-order valence-electron chi connectivity index (χ4n) is 2.82. The summed E-state index contributed by atoms with van der Waals surface area (Å²) in [4.78, 5) is 0. The van der Waals surface area contributed by atoms with E-state index in [0.717, 1.165) is 12.3 Å². The Morgan fingerprint density at radius 2 is 2.25 bits per heavy atom. The quantitative estimate of drug-likeness (QED) is 0.782. The summed E-state index contributed by atoms with van der Waals surface area (Å²) in [5, 5.41) is 16.1. The van der Waals surface area contributed by atoms with Crippen LogP contribution in [-0.2, 0) is 6.61 Å². The number of rotatable bonds is 2. The number of aliphatic hydroxyl groups excluding tert-OH is 1. The highest BCUT2D eigenvalue weighted by atomic mass is 32.1. The van der Waals surface area contributed by atoms with Gasteiger partial charge in [0.1, 0.15) is 6.61 Å². The van der Waals surface area contributed by atoms with Crippen LogP contribution < -0.4 is 0 Å². The van der Waals surface area contributed by atoms with Gasteiger partial charge >= 0.3 is 0 Å². The number of H-pyrrole nitrogens is 1. The fourth-order valence-corrected chi connectivity index (χ4v) is 3.11. The molecule has 0 amide bonds. The number of aromatic nitrogens is 3. The van der Waals surface area contributed by atoms with Crippen molar-refractivity contribution in [1.29, 1.82) is 0 Å². The maximum Gasteiger partial charge on any atom is 0.195 e. The van der Waals surface area contributed by atoms with Crippen molar-refractivity contribution in [3.63, 3.8) is 0 Å². The minimum Gasteiger partial charge on any atom is -0.388 e. The van der Waals surface area contributed by atoms with Gasteiger partial charge in [-0.25, -0.2) is 0 Å². The number of nitrogens with zero attached hydrogens (tertiary/aromatic N) is 2. The Morgan fingerprint density at radius 1 is 1.50 bits per heavy atom. The molecule has 1 heterocycles. The molecular formula is C11H19N3OS. The van der Waals surface area contributed by atoms with Crippen molar-refractivity contribution in [2.24, 2.45) is 11.8 Å². The predicted octanol–water partition coefficient (Wildman–Crippen LogP) is 2.43. The summed E-state index contributed by atoms with van der Waals surface area (Å²) >= 11 is 5.24. The Labute approximate surface area is 101 Å². The first-order chi connectivity index (χ1) is 7.63. The van der Waals surface area contributed by atoms with Crippen molar-refractivity contribution in [3.05, 3.63) is 10.6 Å². The van der Waals surface area contributed by atoms with Crippen molar-refractivity contribution in [3.8, 4) is 0 Å². The van der Waals surface area contributed by atoms with Gasteiger partial charge in [-0.15, -0.1) is 0 Å². The van der Waals surface area contributed by atoms with Crippen LogP contribution >= 0.6 is 12.2 Å². The van der Waals surface area contributed by atoms with E-state index >= 15 is 0 Å². The fraction of sp³-hybridized carbons (Fsp3) is 0.818. The Morgan fingerprint density at radius 3 is 2.88 bits per heavy atom. The number of aliphatic hydroxyl groups is 1. The molecule has 2 rings (SSSR count). The van der Waals surface area contributed by atoms with Crippen LogP contribution in [0.15, 0.2) is 0 Å². The molecule has 0 radical (unpaired) electrons. The maximum absolute atomic E-state index is 9.25. The lowest BCUT2D eigenvalue weighted by atomic mass is 9.80. The highest BCUT2D eigenvalue weighted by Crippen LogP contribution is 2.37. The SMILES string of the molecule is CC1CCC(n2c(CO)n[nH]c2=S)C(C)C1. The first-order valence-electron chi connectivity index (χ1n) is 5.90. The average Bonchev–Trinajstić information content (AvgIpc) is 2.60. The Balaban J connectivity index is 2.29. The number of nitrogens with one attached hydrogen (secondary N) is 1. The lowest BCUT2D eigenvalue weighted by Gasteiger charge is -2.33. The van der Waals surface area contributed by atoms with Crippen molar-refractivity contribution in [1.82, 2.24) is 14.8 Å². The highest BCUT2D eigenvalue weighted by Gasteiger charge is 2.28. The number of hydrogen-bond acceptors (Lipinski definition) is 3. The molecule has 0 aliphatic heterocycles. The molecule has 1 aliphatic rings. The molecule has 1 saturated carbocycles. The van der Waals surface area contributed by atoms with E-state index in [1.807, 2.05) is 4.57 Å². The van der Waals surface area contributed by atoms with Gasteiger partial charge in [0, 0.05) is 6.04 Å². The van der Waals surface area contributed by atoms with Crippen molar-refractivity contribution >= 4 is 12.2 Å². The molecule has 0 aromatic carbocycles. The first kappa shape index (κ1) is 11.8. The van der Waals surface area contributed by atoms with E-state index in [1.54, 1.807) is 0 Å². The molecule has 4 nitrogen and oxygen atoms in total. The lowest BCUT2D eigenvalue weighted by molar-refractivity contribution is 0.189. The van der Waals surface area contributed by atoms with Crippen LogP contribution in [0.1, 0.15) is 45.0 Å². The van der Waals surface area contributed by atoms with E-state index in [4.69, 9.17) is 12.2 Å². The van der Waals surface area contributed by atoms with Gasteiger partial charge in [0.05, 0.1) is 0 Å². The molecule has 1 aliphatic carbocycles. The van der Waals surface area contributed by atoms with Gasteiger partial charge in [-0.3, -0.25) is 9.67 Å². The Hall–Kier alpha value is -0.680. The van der Waals surface area contributed by atoms with Gasteiger partial charge in [-0.1, -0.05) is 13.8 Å². The molecule has 2 N–H and O–H groups in total. The minimum absolute atomic E-state index is 0.0497. The first-order valence-corrected chi connectivity index (χ1v) is 6.31. The minimum atomic E-state index is -0.0497. The number of hydrogen-bond donors (Lipinski definition) is 2. The van der Waals surface area contributed by atoms with Crippen LogP contribution in [0.4, 0.5) is 0 Å². The molecule has 0 bridgehead atoms. The summed E-state index contributed by atoms with van der Waals surface area (Å²) in [6.45, 7) is 4.51. The Kier molecular flexibility index (Phi) is 3.44. The molecule has 1 fully saturated rings. The summed E-state index contributed by atoms with van der Waals surface area (Å²) in [6, 6.07) is 0.393. The molecule has 0 saturated heterocycles. The summed E-state index contributed by atoms with van der Waals surface area (Å²) in [5.74, 6) is 2.06. The van der Waals surface area contributed by atoms with Crippen LogP contribution in [0.25, 0.3) is 0 Å². The third-order valence-electron chi connectivity index (χ3n) is 3.64.